The molecule has 3 nitrogen and oxygen atoms in total. The summed E-state index contributed by atoms with van der Waals surface area (Å²) in [6.45, 7) is 15.8. The number of nitrogens with zero attached hydrogens (tertiary/aromatic N) is 2. The molecule has 1 aliphatic heterocycles. The van der Waals surface area contributed by atoms with Crippen LogP contribution in [0, 0.1) is 27.7 Å². The van der Waals surface area contributed by atoms with E-state index in [4.69, 9.17) is 9.72 Å². The number of hydrogen-bond acceptors (Lipinski definition) is 3. The molecular formula is C21H30N2O. The summed E-state index contributed by atoms with van der Waals surface area (Å²) in [6.07, 6.45) is 1.17. The van der Waals surface area contributed by atoms with Crippen LogP contribution in [-0.4, -0.2) is 24.7 Å². The molecule has 1 aromatic heterocycles. The minimum atomic E-state index is 0.154. The SMILES string of the molecule is COc1nc2c(C)c3c(c(C)c2c(C)c1C)C(C)CC(C)(C)N3C. The summed E-state index contributed by atoms with van der Waals surface area (Å²) >= 11 is 0. The highest BCUT2D eigenvalue weighted by molar-refractivity contribution is 5.96. The van der Waals surface area contributed by atoms with Gasteiger partial charge in [-0.2, -0.15) is 0 Å². The van der Waals surface area contributed by atoms with Crippen LogP contribution >= 0.6 is 0 Å². The molecule has 0 saturated heterocycles. The van der Waals surface area contributed by atoms with E-state index in [0.717, 1.165) is 17.0 Å². The number of benzene rings is 1. The molecule has 1 unspecified atom stereocenters. The maximum Gasteiger partial charge on any atom is 0.216 e. The first-order valence-corrected chi connectivity index (χ1v) is 8.83. The lowest BCUT2D eigenvalue weighted by Crippen LogP contribution is -2.46. The Morgan fingerprint density at radius 3 is 2.25 bits per heavy atom. The molecule has 1 aromatic carbocycles. The Labute approximate surface area is 146 Å². The lowest BCUT2D eigenvalue weighted by Gasteiger charge is -2.47. The highest BCUT2D eigenvalue weighted by atomic mass is 16.5. The number of fused-ring (bicyclic) bond motifs is 2. The van der Waals surface area contributed by atoms with Gasteiger partial charge < -0.3 is 9.64 Å². The third-order valence-corrected chi connectivity index (χ3v) is 6.19. The highest BCUT2D eigenvalue weighted by Crippen LogP contribution is 2.49. The summed E-state index contributed by atoms with van der Waals surface area (Å²) in [6, 6.07) is 0. The van der Waals surface area contributed by atoms with Gasteiger partial charge in [0.2, 0.25) is 5.88 Å². The number of aromatic nitrogens is 1. The van der Waals surface area contributed by atoms with Gasteiger partial charge in [-0.15, -0.1) is 0 Å². The number of methoxy groups -OCH3 is 1. The fourth-order valence-electron chi connectivity index (χ4n) is 4.65. The Hall–Kier alpha value is -1.77. The van der Waals surface area contributed by atoms with Crippen molar-refractivity contribution in [1.29, 1.82) is 0 Å². The standard InChI is InChI=1S/C21H30N2O/c1-11-10-21(6,7)23(8)19-15(5)18-17(14(4)16(11)19)12(2)13(3)20(22-18)24-9/h11H,10H2,1-9H3. The van der Waals surface area contributed by atoms with Crippen molar-refractivity contribution < 1.29 is 4.74 Å². The molecule has 0 aliphatic carbocycles. The van der Waals surface area contributed by atoms with Crippen molar-refractivity contribution in [1.82, 2.24) is 4.98 Å². The molecule has 1 atom stereocenters. The van der Waals surface area contributed by atoms with E-state index in [9.17, 15) is 0 Å². The quantitative estimate of drug-likeness (QED) is 0.720. The van der Waals surface area contributed by atoms with Gasteiger partial charge in [-0.25, -0.2) is 4.98 Å². The zero-order valence-corrected chi connectivity index (χ0v) is 16.6. The lowest BCUT2D eigenvalue weighted by molar-refractivity contribution is 0.393. The third-order valence-electron chi connectivity index (χ3n) is 6.19. The first-order valence-electron chi connectivity index (χ1n) is 8.83. The van der Waals surface area contributed by atoms with E-state index in [2.05, 4.69) is 60.4 Å². The first-order chi connectivity index (χ1) is 11.1. The molecular weight excluding hydrogens is 296 g/mol. The van der Waals surface area contributed by atoms with E-state index >= 15 is 0 Å². The number of aryl methyl sites for hydroxylation is 3. The van der Waals surface area contributed by atoms with E-state index in [1.807, 2.05) is 0 Å². The zero-order valence-electron chi connectivity index (χ0n) is 16.6. The number of pyridine rings is 1. The zero-order chi connectivity index (χ0) is 18.0. The normalized spacial score (nSPS) is 19.5. The second-order valence-electron chi connectivity index (χ2n) is 8.08. The van der Waals surface area contributed by atoms with Gasteiger partial charge in [-0.05, 0) is 76.1 Å². The van der Waals surface area contributed by atoms with Gasteiger partial charge in [0.05, 0.1) is 12.6 Å². The maximum atomic E-state index is 5.54. The molecule has 0 N–H and O–H groups in total. The fraction of sp³-hybridized carbons (Fsp3) is 0.571. The molecule has 2 aromatic rings. The van der Waals surface area contributed by atoms with Crippen molar-refractivity contribution in [3.8, 4) is 5.88 Å². The van der Waals surface area contributed by atoms with Crippen molar-refractivity contribution >= 4 is 16.6 Å². The topological polar surface area (TPSA) is 25.4 Å². The summed E-state index contributed by atoms with van der Waals surface area (Å²) in [4.78, 5) is 7.33. The van der Waals surface area contributed by atoms with E-state index in [-0.39, 0.29) is 5.54 Å². The van der Waals surface area contributed by atoms with Crippen LogP contribution < -0.4 is 9.64 Å². The van der Waals surface area contributed by atoms with E-state index < -0.39 is 0 Å². The van der Waals surface area contributed by atoms with Crippen molar-refractivity contribution in [3.63, 3.8) is 0 Å². The molecule has 0 saturated carbocycles. The lowest BCUT2D eigenvalue weighted by atomic mass is 9.76. The van der Waals surface area contributed by atoms with Crippen LogP contribution in [-0.2, 0) is 0 Å². The minimum Gasteiger partial charge on any atom is -0.481 e. The Morgan fingerprint density at radius 1 is 1.04 bits per heavy atom. The average molecular weight is 326 g/mol. The fourth-order valence-corrected chi connectivity index (χ4v) is 4.65. The molecule has 0 radical (unpaired) electrons. The molecule has 1 aliphatic rings. The minimum absolute atomic E-state index is 0.154. The Bertz CT molecular complexity index is 836. The van der Waals surface area contributed by atoms with Crippen LogP contribution in [0.4, 0.5) is 5.69 Å². The van der Waals surface area contributed by atoms with Gasteiger partial charge in [0.1, 0.15) is 0 Å². The van der Waals surface area contributed by atoms with Crippen LogP contribution in [0.1, 0.15) is 60.9 Å². The van der Waals surface area contributed by atoms with Gasteiger partial charge in [-0.1, -0.05) is 6.92 Å². The first kappa shape index (κ1) is 17.1. The third kappa shape index (κ3) is 2.13. The van der Waals surface area contributed by atoms with Gasteiger partial charge in [0, 0.05) is 29.2 Å². The van der Waals surface area contributed by atoms with Gasteiger partial charge in [0.25, 0.3) is 0 Å². The molecule has 0 spiro atoms. The second kappa shape index (κ2) is 5.37. The number of rotatable bonds is 1. The van der Waals surface area contributed by atoms with Crippen LogP contribution in [0.3, 0.4) is 0 Å². The molecule has 0 fully saturated rings. The molecule has 0 amide bonds. The van der Waals surface area contributed by atoms with Gasteiger partial charge in [0.15, 0.2) is 0 Å². The van der Waals surface area contributed by atoms with Crippen molar-refractivity contribution in [3.05, 3.63) is 27.8 Å². The smallest absolute Gasteiger partial charge is 0.216 e. The van der Waals surface area contributed by atoms with Crippen LogP contribution in [0.2, 0.25) is 0 Å². The summed E-state index contributed by atoms with van der Waals surface area (Å²) in [5.41, 5.74) is 9.19. The second-order valence-corrected chi connectivity index (χ2v) is 8.08. The summed E-state index contributed by atoms with van der Waals surface area (Å²) in [5, 5.41) is 1.31. The molecule has 0 bridgehead atoms. The van der Waals surface area contributed by atoms with E-state index in [1.165, 1.54) is 39.7 Å². The number of ether oxygens (including phenoxy) is 1. The average Bonchev–Trinajstić information content (AvgIpc) is 2.50. The van der Waals surface area contributed by atoms with E-state index in [1.54, 1.807) is 7.11 Å². The van der Waals surface area contributed by atoms with Crippen LogP contribution in [0.5, 0.6) is 5.88 Å². The molecule has 3 rings (SSSR count). The van der Waals surface area contributed by atoms with Crippen molar-refractivity contribution in [2.24, 2.45) is 0 Å². The number of anilines is 1. The molecule has 24 heavy (non-hydrogen) atoms. The largest absolute Gasteiger partial charge is 0.481 e. The predicted octanol–water partition coefficient (Wildman–Crippen LogP) is 5.20. The highest BCUT2D eigenvalue weighted by Gasteiger charge is 2.37. The predicted molar refractivity (Wildman–Crippen MR) is 103 cm³/mol. The Balaban J connectivity index is 2.50. The van der Waals surface area contributed by atoms with Gasteiger partial charge in [-0.3, -0.25) is 0 Å². The van der Waals surface area contributed by atoms with Crippen molar-refractivity contribution in [2.45, 2.75) is 66.3 Å². The van der Waals surface area contributed by atoms with E-state index in [0.29, 0.717) is 5.92 Å². The Morgan fingerprint density at radius 2 is 1.67 bits per heavy atom. The van der Waals surface area contributed by atoms with Gasteiger partial charge >= 0.3 is 0 Å². The van der Waals surface area contributed by atoms with Crippen LogP contribution in [0.25, 0.3) is 10.9 Å². The van der Waals surface area contributed by atoms with Crippen LogP contribution in [0.15, 0.2) is 0 Å². The molecule has 2 heterocycles. The Kier molecular flexibility index (Phi) is 3.82. The summed E-state index contributed by atoms with van der Waals surface area (Å²) in [5.74, 6) is 1.30. The summed E-state index contributed by atoms with van der Waals surface area (Å²) < 4.78 is 5.54. The van der Waals surface area contributed by atoms with Crippen molar-refractivity contribution in [2.75, 3.05) is 19.1 Å². The molecule has 3 heteroatoms. The maximum absolute atomic E-state index is 5.54. The molecule has 130 valence electrons. The monoisotopic (exact) mass is 326 g/mol. The number of hydrogen-bond donors (Lipinski definition) is 0. The summed E-state index contributed by atoms with van der Waals surface area (Å²) in [7, 11) is 3.93.